The van der Waals surface area contributed by atoms with Gasteiger partial charge in [-0.15, -0.1) is 11.3 Å². The van der Waals surface area contributed by atoms with Gasteiger partial charge in [0.05, 0.1) is 16.8 Å². The van der Waals surface area contributed by atoms with Crippen LogP contribution < -0.4 is 5.32 Å². The number of pyridine rings is 1. The molecule has 0 saturated carbocycles. The first-order valence-electron chi connectivity index (χ1n) is 12.3. The van der Waals surface area contributed by atoms with Crippen molar-refractivity contribution in [2.45, 2.75) is 39.0 Å². The molecule has 1 N–H and O–H groups in total. The number of carbonyl (C=O) groups excluding carboxylic acids is 2. The molecule has 1 amide bonds. The molecule has 5 nitrogen and oxygen atoms in total. The number of rotatable bonds is 7. The molecule has 2 heterocycles. The van der Waals surface area contributed by atoms with Crippen molar-refractivity contribution in [1.82, 2.24) is 4.98 Å². The second-order valence-electron chi connectivity index (χ2n) is 9.07. The minimum absolute atomic E-state index is 0.352. The van der Waals surface area contributed by atoms with Gasteiger partial charge >= 0.3 is 5.97 Å². The third kappa shape index (κ3) is 4.95. The van der Waals surface area contributed by atoms with Crippen LogP contribution >= 0.6 is 11.3 Å². The highest BCUT2D eigenvalue weighted by Gasteiger charge is 2.28. The minimum atomic E-state index is -0.496. The fourth-order valence-electron chi connectivity index (χ4n) is 4.59. The smallest absolute Gasteiger partial charge is 0.339 e. The first-order valence-corrected chi connectivity index (χ1v) is 13.1. The number of aromatic nitrogens is 1. The number of amides is 1. The average molecular weight is 497 g/mol. The predicted molar refractivity (Wildman–Crippen MR) is 146 cm³/mol. The molecule has 0 saturated heterocycles. The van der Waals surface area contributed by atoms with Crippen molar-refractivity contribution in [1.29, 1.82) is 0 Å². The van der Waals surface area contributed by atoms with E-state index in [1.54, 1.807) is 11.3 Å². The molecular formula is C30H28N2O3S. The van der Waals surface area contributed by atoms with E-state index in [2.05, 4.69) is 31.3 Å². The second-order valence-corrected chi connectivity index (χ2v) is 10.1. The van der Waals surface area contributed by atoms with Crippen LogP contribution in [-0.4, -0.2) is 23.5 Å². The summed E-state index contributed by atoms with van der Waals surface area (Å²) in [7, 11) is 0. The van der Waals surface area contributed by atoms with Crippen LogP contribution in [0.25, 0.3) is 22.6 Å². The molecule has 0 fully saturated rings. The molecule has 0 radical (unpaired) electrons. The third-order valence-electron chi connectivity index (χ3n) is 6.72. The number of hydrogen-bond acceptors (Lipinski definition) is 5. The summed E-state index contributed by atoms with van der Waals surface area (Å²) in [5.41, 5.74) is 6.02. The summed E-state index contributed by atoms with van der Waals surface area (Å²) in [6.07, 6.45) is 4.72. The van der Waals surface area contributed by atoms with Crippen LogP contribution in [0.3, 0.4) is 0 Å². The number of hydrogen-bond donors (Lipinski definition) is 1. The lowest BCUT2D eigenvalue weighted by Gasteiger charge is -2.13. The Kier molecular flexibility index (Phi) is 6.96. The summed E-state index contributed by atoms with van der Waals surface area (Å²) < 4.78 is 5.52. The van der Waals surface area contributed by atoms with Gasteiger partial charge in [0.25, 0.3) is 5.91 Å². The van der Waals surface area contributed by atoms with Gasteiger partial charge in [0.15, 0.2) is 6.61 Å². The van der Waals surface area contributed by atoms with Crippen molar-refractivity contribution < 1.29 is 14.3 Å². The highest BCUT2D eigenvalue weighted by atomic mass is 32.1. The van der Waals surface area contributed by atoms with Gasteiger partial charge < -0.3 is 10.1 Å². The van der Waals surface area contributed by atoms with Crippen LogP contribution in [0.1, 0.15) is 64.7 Å². The van der Waals surface area contributed by atoms with E-state index in [9.17, 15) is 9.59 Å². The quantitative estimate of drug-likeness (QED) is 0.277. The van der Waals surface area contributed by atoms with Crippen LogP contribution in [-0.2, 0) is 16.0 Å². The number of carbonyl (C=O) groups is 2. The molecule has 6 heteroatoms. The molecular weight excluding hydrogens is 468 g/mol. The number of para-hydroxylation sites is 1. The van der Waals surface area contributed by atoms with Gasteiger partial charge in [0.2, 0.25) is 0 Å². The lowest BCUT2D eigenvalue weighted by Crippen LogP contribution is -2.21. The molecule has 1 atom stereocenters. The highest BCUT2D eigenvalue weighted by Crippen LogP contribution is 2.38. The first kappa shape index (κ1) is 23.9. The lowest BCUT2D eigenvalue weighted by molar-refractivity contribution is -0.119. The molecule has 1 aliphatic carbocycles. The van der Waals surface area contributed by atoms with E-state index in [4.69, 9.17) is 9.72 Å². The van der Waals surface area contributed by atoms with E-state index in [-0.39, 0.29) is 12.5 Å². The Morgan fingerprint density at radius 1 is 1.08 bits per heavy atom. The van der Waals surface area contributed by atoms with Gasteiger partial charge in [-0.05, 0) is 77.6 Å². The molecule has 1 unspecified atom stereocenters. The molecule has 2 aromatic heterocycles. The number of fused-ring (bicyclic) bond motifs is 2. The number of benzene rings is 2. The van der Waals surface area contributed by atoms with E-state index in [0.717, 1.165) is 45.5 Å². The number of allylic oxidation sites excluding steroid dienone is 1. The summed E-state index contributed by atoms with van der Waals surface area (Å²) in [6, 6.07) is 19.5. The second kappa shape index (κ2) is 10.5. The molecule has 0 aliphatic heterocycles. The zero-order valence-corrected chi connectivity index (χ0v) is 21.2. The Morgan fingerprint density at radius 2 is 1.89 bits per heavy atom. The maximum absolute atomic E-state index is 13.3. The number of nitrogens with one attached hydrogen (secondary N) is 1. The fraction of sp³-hybridized carbons (Fsp3) is 0.233. The van der Waals surface area contributed by atoms with E-state index in [1.165, 1.54) is 5.56 Å². The SMILES string of the molecule is CCC(C)c1ccc(NC(=O)COC(=O)c2c3c(nc4ccccc24)/C(=C\c2cccs2)CC3)cc1. The highest BCUT2D eigenvalue weighted by molar-refractivity contribution is 7.10. The maximum atomic E-state index is 13.3. The molecule has 0 spiro atoms. The predicted octanol–water partition coefficient (Wildman–Crippen LogP) is 7.09. The first-order chi connectivity index (χ1) is 17.5. The van der Waals surface area contributed by atoms with Gasteiger partial charge in [-0.1, -0.05) is 50.2 Å². The van der Waals surface area contributed by atoms with Gasteiger partial charge in [-0.3, -0.25) is 4.79 Å². The van der Waals surface area contributed by atoms with E-state index >= 15 is 0 Å². The van der Waals surface area contributed by atoms with Crippen molar-refractivity contribution in [3.8, 4) is 0 Å². The number of anilines is 1. The lowest BCUT2D eigenvalue weighted by atomic mass is 9.99. The topological polar surface area (TPSA) is 68.3 Å². The van der Waals surface area contributed by atoms with Crippen LogP contribution in [0.5, 0.6) is 0 Å². The Labute approximate surface area is 214 Å². The zero-order chi connectivity index (χ0) is 25.1. The molecule has 5 rings (SSSR count). The molecule has 4 aromatic rings. The largest absolute Gasteiger partial charge is 0.452 e. The monoisotopic (exact) mass is 496 g/mol. The minimum Gasteiger partial charge on any atom is -0.452 e. The maximum Gasteiger partial charge on any atom is 0.339 e. The molecule has 182 valence electrons. The Morgan fingerprint density at radius 3 is 2.64 bits per heavy atom. The van der Waals surface area contributed by atoms with Crippen molar-refractivity contribution in [2.75, 3.05) is 11.9 Å². The number of nitrogens with zero attached hydrogens (tertiary/aromatic N) is 1. The van der Waals surface area contributed by atoms with Crippen molar-refractivity contribution in [3.63, 3.8) is 0 Å². The number of thiophene rings is 1. The van der Waals surface area contributed by atoms with Crippen molar-refractivity contribution in [3.05, 3.63) is 93.3 Å². The van der Waals surface area contributed by atoms with Crippen LogP contribution in [0.2, 0.25) is 0 Å². The Bertz CT molecular complexity index is 1440. The van der Waals surface area contributed by atoms with E-state index < -0.39 is 5.97 Å². The fourth-order valence-corrected chi connectivity index (χ4v) is 5.27. The number of ether oxygens (including phenoxy) is 1. The summed E-state index contributed by atoms with van der Waals surface area (Å²) >= 11 is 1.67. The van der Waals surface area contributed by atoms with Crippen molar-refractivity contribution >= 4 is 51.5 Å². The Hall–Kier alpha value is -3.77. The average Bonchev–Trinajstić information content (AvgIpc) is 3.56. The van der Waals surface area contributed by atoms with Crippen LogP contribution in [0.15, 0.2) is 66.0 Å². The van der Waals surface area contributed by atoms with E-state index in [1.807, 2.05) is 60.0 Å². The summed E-state index contributed by atoms with van der Waals surface area (Å²) in [4.78, 5) is 31.9. The summed E-state index contributed by atoms with van der Waals surface area (Å²) in [6.45, 7) is 3.97. The summed E-state index contributed by atoms with van der Waals surface area (Å²) in [5, 5.41) is 5.61. The molecule has 1 aliphatic rings. The Balaban J connectivity index is 1.35. The molecule has 0 bridgehead atoms. The van der Waals surface area contributed by atoms with Gasteiger partial charge in [0.1, 0.15) is 0 Å². The van der Waals surface area contributed by atoms with Gasteiger partial charge in [-0.2, -0.15) is 0 Å². The van der Waals surface area contributed by atoms with E-state index in [0.29, 0.717) is 23.6 Å². The van der Waals surface area contributed by atoms with Crippen LogP contribution in [0, 0.1) is 0 Å². The standard InChI is InChI=1S/C30H28N2O3S/c1-3-19(2)20-10-13-22(14-11-20)31-27(33)18-35-30(34)28-24-8-4-5-9-26(24)32-29-21(12-15-25(28)29)17-23-7-6-16-36-23/h4-11,13-14,16-17,19H,3,12,15,18H2,1-2H3,(H,31,33)/b21-17-. The molecule has 2 aromatic carbocycles. The number of esters is 1. The summed E-state index contributed by atoms with van der Waals surface area (Å²) in [5.74, 6) is -0.397. The molecule has 36 heavy (non-hydrogen) atoms. The van der Waals surface area contributed by atoms with Gasteiger partial charge in [0, 0.05) is 16.0 Å². The van der Waals surface area contributed by atoms with Crippen LogP contribution in [0.4, 0.5) is 5.69 Å². The zero-order valence-electron chi connectivity index (χ0n) is 20.4. The van der Waals surface area contributed by atoms with Gasteiger partial charge in [-0.25, -0.2) is 9.78 Å². The normalized spacial score (nSPS) is 14.6. The van der Waals surface area contributed by atoms with Crippen molar-refractivity contribution in [2.24, 2.45) is 0 Å². The third-order valence-corrected chi connectivity index (χ3v) is 7.54.